The number of nitrogens with zero attached hydrogens (tertiary/aromatic N) is 1. The predicted molar refractivity (Wildman–Crippen MR) is 69.8 cm³/mol. The van der Waals surface area contributed by atoms with E-state index in [0.717, 1.165) is 13.1 Å². The minimum atomic E-state index is 0.542. The van der Waals surface area contributed by atoms with E-state index in [0.29, 0.717) is 6.04 Å². The van der Waals surface area contributed by atoms with Gasteiger partial charge in [0.05, 0.1) is 0 Å². The lowest BCUT2D eigenvalue weighted by atomic mass is 10.3. The SMILES string of the molecule is CC(C)NCc1ccn(Cc2ccsc2)c1. The average Bonchev–Trinajstić information content (AvgIpc) is 2.87. The highest BCUT2D eigenvalue weighted by molar-refractivity contribution is 7.07. The molecule has 3 heteroatoms. The fourth-order valence-corrected chi connectivity index (χ4v) is 2.27. The Morgan fingerprint density at radius 3 is 2.88 bits per heavy atom. The van der Waals surface area contributed by atoms with Gasteiger partial charge >= 0.3 is 0 Å². The minimum absolute atomic E-state index is 0.542. The summed E-state index contributed by atoms with van der Waals surface area (Å²) in [4.78, 5) is 0. The van der Waals surface area contributed by atoms with Crippen molar-refractivity contribution in [2.24, 2.45) is 0 Å². The van der Waals surface area contributed by atoms with Crippen molar-refractivity contribution in [1.82, 2.24) is 9.88 Å². The van der Waals surface area contributed by atoms with Crippen LogP contribution in [0.4, 0.5) is 0 Å². The van der Waals surface area contributed by atoms with Crippen molar-refractivity contribution in [2.45, 2.75) is 33.0 Å². The Morgan fingerprint density at radius 1 is 1.31 bits per heavy atom. The topological polar surface area (TPSA) is 17.0 Å². The molecule has 0 unspecified atom stereocenters. The Balaban J connectivity index is 1.92. The standard InChI is InChI=1S/C13H18N2S/c1-11(2)14-7-12-3-5-15(8-12)9-13-4-6-16-10-13/h3-6,8,10-11,14H,7,9H2,1-2H3. The summed E-state index contributed by atoms with van der Waals surface area (Å²) in [5.74, 6) is 0. The summed E-state index contributed by atoms with van der Waals surface area (Å²) in [5, 5.41) is 7.75. The van der Waals surface area contributed by atoms with E-state index in [1.807, 2.05) is 0 Å². The van der Waals surface area contributed by atoms with Gasteiger partial charge in [-0.25, -0.2) is 0 Å². The van der Waals surface area contributed by atoms with E-state index in [2.05, 4.69) is 59.0 Å². The van der Waals surface area contributed by atoms with Crippen molar-refractivity contribution in [2.75, 3.05) is 0 Å². The summed E-state index contributed by atoms with van der Waals surface area (Å²) >= 11 is 1.75. The molecule has 0 aliphatic rings. The molecule has 2 aromatic heterocycles. The molecule has 2 rings (SSSR count). The van der Waals surface area contributed by atoms with Crippen LogP contribution in [0.2, 0.25) is 0 Å². The van der Waals surface area contributed by atoms with E-state index in [4.69, 9.17) is 0 Å². The largest absolute Gasteiger partial charge is 0.350 e. The van der Waals surface area contributed by atoms with Crippen LogP contribution in [-0.4, -0.2) is 10.6 Å². The molecular formula is C13H18N2S. The van der Waals surface area contributed by atoms with Gasteiger partial charge in [0.1, 0.15) is 0 Å². The first-order chi connectivity index (χ1) is 7.74. The third kappa shape index (κ3) is 3.22. The number of hydrogen-bond donors (Lipinski definition) is 1. The lowest BCUT2D eigenvalue weighted by Gasteiger charge is -2.05. The van der Waals surface area contributed by atoms with Crippen molar-refractivity contribution in [1.29, 1.82) is 0 Å². The van der Waals surface area contributed by atoms with E-state index in [9.17, 15) is 0 Å². The van der Waals surface area contributed by atoms with Crippen LogP contribution >= 0.6 is 11.3 Å². The van der Waals surface area contributed by atoms with Crippen molar-refractivity contribution in [3.05, 3.63) is 46.4 Å². The molecule has 0 aliphatic carbocycles. The van der Waals surface area contributed by atoms with Crippen LogP contribution in [-0.2, 0) is 13.1 Å². The lowest BCUT2D eigenvalue weighted by Crippen LogP contribution is -2.21. The molecule has 0 bridgehead atoms. The second kappa shape index (κ2) is 5.32. The Labute approximate surface area is 101 Å². The normalized spacial score (nSPS) is 11.2. The number of thiophene rings is 1. The van der Waals surface area contributed by atoms with Gasteiger partial charge in [0.15, 0.2) is 0 Å². The fourth-order valence-electron chi connectivity index (χ4n) is 1.61. The number of hydrogen-bond acceptors (Lipinski definition) is 2. The van der Waals surface area contributed by atoms with Crippen LogP contribution in [0, 0.1) is 0 Å². The molecule has 16 heavy (non-hydrogen) atoms. The molecule has 1 N–H and O–H groups in total. The molecule has 2 aromatic rings. The van der Waals surface area contributed by atoms with Crippen LogP contribution in [0.3, 0.4) is 0 Å². The zero-order chi connectivity index (χ0) is 11.4. The summed E-state index contributed by atoms with van der Waals surface area (Å²) in [6.07, 6.45) is 4.36. The zero-order valence-electron chi connectivity index (χ0n) is 9.81. The average molecular weight is 234 g/mol. The Morgan fingerprint density at radius 2 is 2.19 bits per heavy atom. The van der Waals surface area contributed by atoms with Crippen LogP contribution < -0.4 is 5.32 Å². The molecule has 0 atom stereocenters. The third-order valence-corrected chi connectivity index (χ3v) is 3.20. The first-order valence-electron chi connectivity index (χ1n) is 5.63. The van der Waals surface area contributed by atoms with E-state index in [1.165, 1.54) is 11.1 Å². The molecule has 0 aromatic carbocycles. The molecule has 0 saturated heterocycles. The molecule has 2 nitrogen and oxygen atoms in total. The molecule has 0 radical (unpaired) electrons. The van der Waals surface area contributed by atoms with Gasteiger partial charge in [-0.05, 0) is 34.0 Å². The Hall–Kier alpha value is -1.06. The fraction of sp³-hybridized carbons (Fsp3) is 0.385. The van der Waals surface area contributed by atoms with Crippen LogP contribution in [0.1, 0.15) is 25.0 Å². The van der Waals surface area contributed by atoms with Crippen LogP contribution in [0.25, 0.3) is 0 Å². The van der Waals surface area contributed by atoms with Gasteiger partial charge in [-0.2, -0.15) is 11.3 Å². The summed E-state index contributed by atoms with van der Waals surface area (Å²) < 4.78 is 2.24. The molecule has 0 aliphatic heterocycles. The second-order valence-electron chi connectivity index (χ2n) is 4.36. The quantitative estimate of drug-likeness (QED) is 0.841. The summed E-state index contributed by atoms with van der Waals surface area (Å²) in [7, 11) is 0. The first-order valence-corrected chi connectivity index (χ1v) is 6.57. The molecule has 0 spiro atoms. The van der Waals surface area contributed by atoms with E-state index >= 15 is 0 Å². The van der Waals surface area contributed by atoms with Gasteiger partial charge in [-0.15, -0.1) is 0 Å². The number of rotatable bonds is 5. The van der Waals surface area contributed by atoms with E-state index in [-0.39, 0.29) is 0 Å². The number of nitrogens with one attached hydrogen (secondary N) is 1. The van der Waals surface area contributed by atoms with Crippen LogP contribution in [0.5, 0.6) is 0 Å². The first kappa shape index (κ1) is 11.4. The molecule has 0 fully saturated rings. The lowest BCUT2D eigenvalue weighted by molar-refractivity contribution is 0.588. The zero-order valence-corrected chi connectivity index (χ0v) is 10.6. The molecular weight excluding hydrogens is 216 g/mol. The Bertz CT molecular complexity index is 415. The van der Waals surface area contributed by atoms with Gasteiger partial charge in [0.25, 0.3) is 0 Å². The van der Waals surface area contributed by atoms with Crippen molar-refractivity contribution in [3.8, 4) is 0 Å². The van der Waals surface area contributed by atoms with Gasteiger partial charge in [0.2, 0.25) is 0 Å². The Kier molecular flexibility index (Phi) is 3.80. The monoisotopic (exact) mass is 234 g/mol. The van der Waals surface area contributed by atoms with Gasteiger partial charge in [0, 0.05) is 31.5 Å². The van der Waals surface area contributed by atoms with Gasteiger partial charge < -0.3 is 9.88 Å². The summed E-state index contributed by atoms with van der Waals surface area (Å²) in [6.45, 7) is 6.27. The van der Waals surface area contributed by atoms with E-state index in [1.54, 1.807) is 11.3 Å². The van der Waals surface area contributed by atoms with Crippen molar-refractivity contribution in [3.63, 3.8) is 0 Å². The van der Waals surface area contributed by atoms with Crippen LogP contribution in [0.15, 0.2) is 35.3 Å². The van der Waals surface area contributed by atoms with Gasteiger partial charge in [-0.3, -0.25) is 0 Å². The summed E-state index contributed by atoms with van der Waals surface area (Å²) in [6, 6.07) is 4.90. The highest BCUT2D eigenvalue weighted by atomic mass is 32.1. The molecule has 0 amide bonds. The predicted octanol–water partition coefficient (Wildman–Crippen LogP) is 3.10. The maximum Gasteiger partial charge on any atom is 0.0478 e. The third-order valence-electron chi connectivity index (χ3n) is 2.47. The van der Waals surface area contributed by atoms with Crippen molar-refractivity contribution >= 4 is 11.3 Å². The van der Waals surface area contributed by atoms with Gasteiger partial charge in [-0.1, -0.05) is 13.8 Å². The molecule has 86 valence electrons. The maximum absolute atomic E-state index is 3.42. The summed E-state index contributed by atoms with van der Waals surface area (Å²) in [5.41, 5.74) is 2.73. The smallest absolute Gasteiger partial charge is 0.0478 e. The highest BCUT2D eigenvalue weighted by Crippen LogP contribution is 2.09. The molecule has 2 heterocycles. The minimum Gasteiger partial charge on any atom is -0.350 e. The highest BCUT2D eigenvalue weighted by Gasteiger charge is 1.99. The second-order valence-corrected chi connectivity index (χ2v) is 5.14. The van der Waals surface area contributed by atoms with E-state index < -0.39 is 0 Å². The number of aromatic nitrogens is 1. The maximum atomic E-state index is 3.42. The van der Waals surface area contributed by atoms with Crippen molar-refractivity contribution < 1.29 is 0 Å². The molecule has 0 saturated carbocycles.